The Kier molecular flexibility index (Phi) is 6.16. The van der Waals surface area contributed by atoms with E-state index in [0.717, 1.165) is 11.4 Å². The van der Waals surface area contributed by atoms with E-state index in [1.807, 2.05) is 11.3 Å². The Labute approximate surface area is 298 Å². The topological polar surface area (TPSA) is 9.86 Å². The van der Waals surface area contributed by atoms with Crippen LogP contribution in [0.25, 0.3) is 97.4 Å². The van der Waals surface area contributed by atoms with Crippen LogP contribution in [0, 0.1) is 0 Å². The van der Waals surface area contributed by atoms with Crippen LogP contribution in [0.4, 0.5) is 0 Å². The number of rotatable bonds is 4. The molecule has 51 heavy (non-hydrogen) atoms. The van der Waals surface area contributed by atoms with Gasteiger partial charge in [-0.3, -0.25) is 0 Å². The molecule has 0 bridgehead atoms. The number of thiophene rings is 1. The van der Waals surface area contributed by atoms with Crippen LogP contribution in [0.5, 0.6) is 0 Å². The highest BCUT2D eigenvalue weighted by Crippen LogP contribution is 2.43. The monoisotopic (exact) mass is 666 g/mol. The van der Waals surface area contributed by atoms with Crippen molar-refractivity contribution in [1.82, 2.24) is 9.13 Å². The van der Waals surface area contributed by atoms with Gasteiger partial charge in [-0.15, -0.1) is 11.3 Å². The number of benzene rings is 8. The van der Waals surface area contributed by atoms with E-state index in [1.54, 1.807) is 0 Å². The first-order valence-electron chi connectivity index (χ1n) is 17.4. The molecule has 0 amide bonds. The Balaban J connectivity index is 1.10. The smallest absolute Gasteiger partial charge is 0.0555 e. The molecule has 0 aliphatic carbocycles. The highest BCUT2D eigenvalue weighted by molar-refractivity contribution is 7.26. The predicted octanol–water partition coefficient (Wildman–Crippen LogP) is 13.6. The summed E-state index contributed by atoms with van der Waals surface area (Å²) in [6.45, 7) is 0. The summed E-state index contributed by atoms with van der Waals surface area (Å²) in [5.41, 5.74) is 12.0. The molecule has 0 saturated heterocycles. The number of aromatic nitrogens is 2. The third kappa shape index (κ3) is 4.29. The second-order valence-electron chi connectivity index (χ2n) is 13.3. The molecule has 0 saturated carbocycles. The van der Waals surface area contributed by atoms with Crippen molar-refractivity contribution in [2.75, 3.05) is 0 Å². The first kappa shape index (κ1) is 28.4. The molecule has 0 radical (unpaired) electrons. The Hall–Kier alpha value is -6.42. The van der Waals surface area contributed by atoms with Crippen LogP contribution >= 0.6 is 11.3 Å². The molecule has 0 aliphatic heterocycles. The lowest BCUT2D eigenvalue weighted by Gasteiger charge is -2.15. The van der Waals surface area contributed by atoms with E-state index >= 15 is 0 Å². The molecule has 0 N–H and O–H groups in total. The molecule has 11 rings (SSSR count). The highest BCUT2D eigenvalue weighted by atomic mass is 32.1. The molecule has 238 valence electrons. The third-order valence-electron chi connectivity index (χ3n) is 10.5. The molecule has 3 heteroatoms. The lowest BCUT2D eigenvalue weighted by atomic mass is 9.97. The fraction of sp³-hybridized carbons (Fsp3) is 0. The van der Waals surface area contributed by atoms with Gasteiger partial charge < -0.3 is 9.13 Å². The lowest BCUT2D eigenvalue weighted by Crippen LogP contribution is -1.96. The fourth-order valence-electron chi connectivity index (χ4n) is 8.22. The fourth-order valence-corrected chi connectivity index (χ4v) is 9.48. The van der Waals surface area contributed by atoms with Gasteiger partial charge in [-0.2, -0.15) is 0 Å². The van der Waals surface area contributed by atoms with Gasteiger partial charge in [0, 0.05) is 53.1 Å². The van der Waals surface area contributed by atoms with Crippen LogP contribution in [-0.2, 0) is 0 Å². The standard InChI is InChI=1S/C48H30N2S/c1-2-12-31(13-3-1)33-28-34(30-36(29-33)50-42-18-8-4-14-37(42)38-15-5-9-19-43(38)50)32-22-24-35(25-23-32)49-44-20-10-6-17-41(44)47-45(49)27-26-40-39-16-7-11-21-46(39)51-48(40)47/h1-30H. The van der Waals surface area contributed by atoms with Crippen LogP contribution in [-0.4, -0.2) is 9.13 Å². The van der Waals surface area contributed by atoms with Crippen molar-refractivity contribution in [3.8, 4) is 33.6 Å². The molecule has 2 nitrogen and oxygen atoms in total. The van der Waals surface area contributed by atoms with Gasteiger partial charge in [0.1, 0.15) is 0 Å². The molecular formula is C48H30N2S. The molecule has 3 heterocycles. The van der Waals surface area contributed by atoms with Gasteiger partial charge in [-0.25, -0.2) is 0 Å². The molecule has 0 spiro atoms. The summed E-state index contributed by atoms with van der Waals surface area (Å²) in [6.07, 6.45) is 0. The summed E-state index contributed by atoms with van der Waals surface area (Å²) in [7, 11) is 0. The normalized spacial score (nSPS) is 11.9. The van der Waals surface area contributed by atoms with Crippen molar-refractivity contribution >= 4 is 75.1 Å². The SMILES string of the molecule is c1ccc(-c2cc(-c3ccc(-n4c5ccccc5c5c6sc7ccccc7c6ccc54)cc3)cc(-n3c4ccccc4c4ccccc43)c2)cc1. The zero-order valence-electron chi connectivity index (χ0n) is 27.6. The Morgan fingerprint density at radius 2 is 0.843 bits per heavy atom. The van der Waals surface area contributed by atoms with E-state index < -0.39 is 0 Å². The Bertz CT molecular complexity index is 3070. The zero-order chi connectivity index (χ0) is 33.5. The molecule has 0 aliphatic rings. The maximum Gasteiger partial charge on any atom is 0.0555 e. The molecule has 8 aromatic carbocycles. The minimum atomic E-state index is 1.16. The van der Waals surface area contributed by atoms with Crippen LogP contribution in [0.1, 0.15) is 0 Å². The van der Waals surface area contributed by atoms with Crippen molar-refractivity contribution in [1.29, 1.82) is 0 Å². The number of nitrogens with zero attached hydrogens (tertiary/aromatic N) is 2. The van der Waals surface area contributed by atoms with Crippen molar-refractivity contribution in [2.45, 2.75) is 0 Å². The number of hydrogen-bond donors (Lipinski definition) is 0. The molecule has 0 atom stereocenters. The highest BCUT2D eigenvalue weighted by Gasteiger charge is 2.18. The molecule has 11 aromatic rings. The molecule has 3 aromatic heterocycles. The minimum Gasteiger partial charge on any atom is -0.309 e. The van der Waals surface area contributed by atoms with Crippen LogP contribution < -0.4 is 0 Å². The van der Waals surface area contributed by atoms with Gasteiger partial charge in [-0.05, 0) is 82.9 Å². The number of hydrogen-bond acceptors (Lipinski definition) is 1. The van der Waals surface area contributed by atoms with Crippen LogP contribution in [0.2, 0.25) is 0 Å². The Morgan fingerprint density at radius 3 is 1.53 bits per heavy atom. The molecular weight excluding hydrogens is 637 g/mol. The summed E-state index contributed by atoms with van der Waals surface area (Å²) in [5.74, 6) is 0. The summed E-state index contributed by atoms with van der Waals surface area (Å²) < 4.78 is 7.54. The average molecular weight is 667 g/mol. The van der Waals surface area contributed by atoms with Gasteiger partial charge in [0.2, 0.25) is 0 Å². The first-order chi connectivity index (χ1) is 25.3. The number of para-hydroxylation sites is 3. The minimum absolute atomic E-state index is 1.16. The van der Waals surface area contributed by atoms with Gasteiger partial charge in [-0.1, -0.05) is 121 Å². The maximum absolute atomic E-state index is 2.43. The summed E-state index contributed by atoms with van der Waals surface area (Å²) >= 11 is 1.90. The zero-order valence-corrected chi connectivity index (χ0v) is 28.4. The third-order valence-corrected chi connectivity index (χ3v) is 11.7. The van der Waals surface area contributed by atoms with Gasteiger partial charge >= 0.3 is 0 Å². The van der Waals surface area contributed by atoms with E-state index in [4.69, 9.17) is 0 Å². The second kappa shape index (κ2) is 11.0. The van der Waals surface area contributed by atoms with E-state index in [2.05, 4.69) is 191 Å². The molecule has 0 unspecified atom stereocenters. The summed E-state index contributed by atoms with van der Waals surface area (Å²) in [4.78, 5) is 0. The van der Waals surface area contributed by atoms with Gasteiger partial charge in [0.05, 0.1) is 22.1 Å². The summed E-state index contributed by atoms with van der Waals surface area (Å²) in [5, 5.41) is 7.82. The predicted molar refractivity (Wildman–Crippen MR) is 219 cm³/mol. The van der Waals surface area contributed by atoms with E-state index in [0.29, 0.717) is 0 Å². The van der Waals surface area contributed by atoms with Crippen molar-refractivity contribution in [2.24, 2.45) is 0 Å². The van der Waals surface area contributed by atoms with Gasteiger partial charge in [0.15, 0.2) is 0 Å². The van der Waals surface area contributed by atoms with Crippen LogP contribution in [0.15, 0.2) is 182 Å². The quantitative estimate of drug-likeness (QED) is 0.177. The van der Waals surface area contributed by atoms with Crippen molar-refractivity contribution < 1.29 is 0 Å². The van der Waals surface area contributed by atoms with Crippen LogP contribution in [0.3, 0.4) is 0 Å². The number of fused-ring (bicyclic) bond motifs is 10. The second-order valence-corrected chi connectivity index (χ2v) is 14.4. The Morgan fingerprint density at radius 1 is 0.314 bits per heavy atom. The van der Waals surface area contributed by atoms with E-state index in [1.165, 1.54) is 86.0 Å². The van der Waals surface area contributed by atoms with E-state index in [9.17, 15) is 0 Å². The van der Waals surface area contributed by atoms with E-state index in [-0.39, 0.29) is 0 Å². The van der Waals surface area contributed by atoms with Gasteiger partial charge in [0.25, 0.3) is 0 Å². The maximum atomic E-state index is 2.43. The lowest BCUT2D eigenvalue weighted by molar-refractivity contribution is 1.18. The van der Waals surface area contributed by atoms with Crippen molar-refractivity contribution in [3.63, 3.8) is 0 Å². The average Bonchev–Trinajstić information content (AvgIpc) is 3.86. The first-order valence-corrected chi connectivity index (χ1v) is 18.3. The summed E-state index contributed by atoms with van der Waals surface area (Å²) in [6, 6.07) is 66.6. The molecule has 0 fully saturated rings. The largest absolute Gasteiger partial charge is 0.309 e. The van der Waals surface area contributed by atoms with Crippen molar-refractivity contribution in [3.05, 3.63) is 182 Å².